The summed E-state index contributed by atoms with van der Waals surface area (Å²) in [6.45, 7) is 0.341. The predicted molar refractivity (Wildman–Crippen MR) is 87.0 cm³/mol. The number of benzene rings is 1. The van der Waals surface area contributed by atoms with Crippen molar-refractivity contribution in [1.29, 1.82) is 0 Å². The highest BCUT2D eigenvalue weighted by molar-refractivity contribution is 5.93. The van der Waals surface area contributed by atoms with Gasteiger partial charge in [-0.3, -0.25) is 9.78 Å². The lowest BCUT2D eigenvalue weighted by atomic mass is 10.3. The van der Waals surface area contributed by atoms with Crippen molar-refractivity contribution in [1.82, 2.24) is 10.3 Å². The van der Waals surface area contributed by atoms with Crippen LogP contribution >= 0.6 is 0 Å². The summed E-state index contributed by atoms with van der Waals surface area (Å²) >= 11 is 0. The first kappa shape index (κ1) is 16.4. The van der Waals surface area contributed by atoms with E-state index >= 15 is 0 Å². The molecule has 0 aliphatic carbocycles. The molecule has 0 radical (unpaired) electrons. The summed E-state index contributed by atoms with van der Waals surface area (Å²) in [4.78, 5) is 27.3. The molecular weight excluding hydrogens is 296 g/mol. The molecule has 120 valence electrons. The topological polar surface area (TPSA) is 92.4 Å². The second-order valence-corrected chi connectivity index (χ2v) is 4.69. The van der Waals surface area contributed by atoms with Crippen molar-refractivity contribution >= 4 is 23.3 Å². The van der Waals surface area contributed by atoms with Crippen LogP contribution in [0.4, 0.5) is 16.2 Å². The van der Waals surface area contributed by atoms with Crippen molar-refractivity contribution < 1.29 is 14.3 Å². The Hall–Kier alpha value is -2.93. The van der Waals surface area contributed by atoms with Gasteiger partial charge in [-0.2, -0.15) is 0 Å². The first-order valence-corrected chi connectivity index (χ1v) is 7.01. The third kappa shape index (κ3) is 5.76. The van der Waals surface area contributed by atoms with Gasteiger partial charge < -0.3 is 20.7 Å². The lowest BCUT2D eigenvalue weighted by molar-refractivity contribution is -0.119. The van der Waals surface area contributed by atoms with Crippen LogP contribution in [0.25, 0.3) is 0 Å². The summed E-state index contributed by atoms with van der Waals surface area (Å²) in [6.07, 6.45) is 1.67. The largest absolute Gasteiger partial charge is 0.375 e. The second kappa shape index (κ2) is 8.50. The van der Waals surface area contributed by atoms with Crippen LogP contribution in [0.15, 0.2) is 48.7 Å². The van der Waals surface area contributed by atoms with Gasteiger partial charge in [-0.05, 0) is 36.4 Å². The number of anilines is 2. The standard InChI is InChI=1S/C16H18N4O3/c1-23-11-15(21)19-12-5-7-13(8-6-12)20-16(22)18-10-14-4-2-3-9-17-14/h2-9H,10-11H2,1H3,(H,19,21)(H2,18,20,22). The lowest BCUT2D eigenvalue weighted by Crippen LogP contribution is -2.28. The van der Waals surface area contributed by atoms with Crippen LogP contribution in [-0.4, -0.2) is 30.6 Å². The maximum atomic E-state index is 11.8. The van der Waals surface area contributed by atoms with Crippen LogP contribution in [-0.2, 0) is 16.1 Å². The van der Waals surface area contributed by atoms with Gasteiger partial charge in [0, 0.05) is 24.7 Å². The average molecular weight is 314 g/mol. The highest BCUT2D eigenvalue weighted by atomic mass is 16.5. The van der Waals surface area contributed by atoms with Crippen molar-refractivity contribution in [2.24, 2.45) is 0 Å². The Morgan fingerprint density at radius 3 is 2.35 bits per heavy atom. The Bertz CT molecular complexity index is 644. The number of aromatic nitrogens is 1. The minimum absolute atomic E-state index is 0.00404. The number of methoxy groups -OCH3 is 1. The zero-order valence-corrected chi connectivity index (χ0v) is 12.7. The minimum atomic E-state index is -0.327. The van der Waals surface area contributed by atoms with Crippen molar-refractivity contribution in [3.63, 3.8) is 0 Å². The number of hydrogen-bond donors (Lipinski definition) is 3. The molecule has 1 aromatic heterocycles. The SMILES string of the molecule is COCC(=O)Nc1ccc(NC(=O)NCc2ccccn2)cc1. The fraction of sp³-hybridized carbons (Fsp3) is 0.188. The maximum absolute atomic E-state index is 11.8. The van der Waals surface area contributed by atoms with Crippen molar-refractivity contribution in [3.8, 4) is 0 Å². The number of carbonyl (C=O) groups is 2. The molecule has 7 heteroatoms. The number of hydrogen-bond acceptors (Lipinski definition) is 4. The number of nitrogens with zero attached hydrogens (tertiary/aromatic N) is 1. The molecule has 3 N–H and O–H groups in total. The maximum Gasteiger partial charge on any atom is 0.319 e. The monoisotopic (exact) mass is 314 g/mol. The number of amides is 3. The molecule has 3 amide bonds. The highest BCUT2D eigenvalue weighted by Crippen LogP contribution is 2.13. The average Bonchev–Trinajstić information content (AvgIpc) is 2.56. The number of ether oxygens (including phenoxy) is 1. The number of rotatable bonds is 6. The second-order valence-electron chi connectivity index (χ2n) is 4.69. The van der Waals surface area contributed by atoms with Gasteiger partial charge in [0.2, 0.25) is 5.91 Å². The molecule has 2 aromatic rings. The molecular formula is C16H18N4O3. The van der Waals surface area contributed by atoms with Crippen molar-refractivity contribution in [2.45, 2.75) is 6.54 Å². The van der Waals surface area contributed by atoms with E-state index in [1.807, 2.05) is 18.2 Å². The van der Waals surface area contributed by atoms with E-state index in [1.54, 1.807) is 30.5 Å². The van der Waals surface area contributed by atoms with Gasteiger partial charge >= 0.3 is 6.03 Å². The molecule has 1 heterocycles. The fourth-order valence-corrected chi connectivity index (χ4v) is 1.81. The molecule has 1 aromatic carbocycles. The predicted octanol–water partition coefficient (Wildman–Crippen LogP) is 1.99. The van der Waals surface area contributed by atoms with Gasteiger partial charge in [-0.15, -0.1) is 0 Å². The van der Waals surface area contributed by atoms with Gasteiger partial charge in [0.1, 0.15) is 6.61 Å². The Morgan fingerprint density at radius 1 is 1.04 bits per heavy atom. The van der Waals surface area contributed by atoms with Gasteiger partial charge in [0.25, 0.3) is 0 Å². The molecule has 0 atom stereocenters. The summed E-state index contributed by atoms with van der Waals surface area (Å²) in [5, 5.41) is 8.08. The van der Waals surface area contributed by atoms with Crippen LogP contribution < -0.4 is 16.0 Å². The number of pyridine rings is 1. The Labute approximate surface area is 134 Å². The number of nitrogens with one attached hydrogen (secondary N) is 3. The molecule has 7 nitrogen and oxygen atoms in total. The van der Waals surface area contributed by atoms with Crippen LogP contribution in [0.2, 0.25) is 0 Å². The van der Waals surface area contributed by atoms with E-state index in [0.717, 1.165) is 5.69 Å². The Morgan fingerprint density at radius 2 is 1.74 bits per heavy atom. The minimum Gasteiger partial charge on any atom is -0.375 e. The highest BCUT2D eigenvalue weighted by Gasteiger charge is 2.04. The van der Waals surface area contributed by atoms with Crippen LogP contribution in [0.3, 0.4) is 0 Å². The third-order valence-corrected chi connectivity index (χ3v) is 2.86. The molecule has 0 saturated carbocycles. The zero-order chi connectivity index (χ0) is 16.5. The molecule has 0 fully saturated rings. The van der Waals surface area contributed by atoms with Gasteiger partial charge in [-0.1, -0.05) is 6.07 Å². The van der Waals surface area contributed by atoms with E-state index in [9.17, 15) is 9.59 Å². The molecule has 0 bridgehead atoms. The van der Waals surface area contributed by atoms with E-state index in [0.29, 0.717) is 17.9 Å². The smallest absolute Gasteiger partial charge is 0.319 e. The first-order valence-electron chi connectivity index (χ1n) is 7.01. The van der Waals surface area contributed by atoms with Crippen molar-refractivity contribution in [3.05, 3.63) is 54.4 Å². The molecule has 2 rings (SSSR count). The molecule has 0 aliphatic heterocycles. The van der Waals surface area contributed by atoms with Gasteiger partial charge in [-0.25, -0.2) is 4.79 Å². The molecule has 0 aliphatic rings. The summed E-state index contributed by atoms with van der Waals surface area (Å²) < 4.78 is 4.73. The third-order valence-electron chi connectivity index (χ3n) is 2.86. The lowest BCUT2D eigenvalue weighted by Gasteiger charge is -2.09. The molecule has 0 saturated heterocycles. The van der Waals surface area contributed by atoms with Crippen LogP contribution in [0, 0.1) is 0 Å². The van der Waals surface area contributed by atoms with Crippen LogP contribution in [0.1, 0.15) is 5.69 Å². The summed E-state index contributed by atoms with van der Waals surface area (Å²) in [7, 11) is 1.45. The van der Waals surface area contributed by atoms with Crippen molar-refractivity contribution in [2.75, 3.05) is 24.4 Å². The van der Waals surface area contributed by atoms with E-state index in [1.165, 1.54) is 7.11 Å². The molecule has 0 unspecified atom stereocenters. The zero-order valence-electron chi connectivity index (χ0n) is 12.7. The summed E-state index contributed by atoms with van der Waals surface area (Å²) in [5.41, 5.74) is 2.03. The quantitative estimate of drug-likeness (QED) is 0.760. The first-order chi connectivity index (χ1) is 11.2. The van der Waals surface area contributed by atoms with Gasteiger partial charge in [0.15, 0.2) is 0 Å². The van der Waals surface area contributed by atoms with E-state index in [-0.39, 0.29) is 18.5 Å². The normalized spacial score (nSPS) is 9.96. The Kier molecular flexibility index (Phi) is 6.07. The number of urea groups is 1. The summed E-state index contributed by atoms with van der Waals surface area (Å²) in [6, 6.07) is 12.0. The van der Waals surface area contributed by atoms with Gasteiger partial charge in [0.05, 0.1) is 12.2 Å². The summed E-state index contributed by atoms with van der Waals surface area (Å²) in [5.74, 6) is -0.235. The fourth-order valence-electron chi connectivity index (χ4n) is 1.81. The Balaban J connectivity index is 1.80. The van der Waals surface area contributed by atoms with E-state index < -0.39 is 0 Å². The molecule has 23 heavy (non-hydrogen) atoms. The van der Waals surface area contributed by atoms with E-state index in [2.05, 4.69) is 20.9 Å². The number of carbonyl (C=O) groups excluding carboxylic acids is 2. The molecule has 0 spiro atoms. The van der Waals surface area contributed by atoms with Crippen LogP contribution in [0.5, 0.6) is 0 Å². The van der Waals surface area contributed by atoms with E-state index in [4.69, 9.17) is 4.74 Å².